The van der Waals surface area contributed by atoms with Gasteiger partial charge in [-0.25, -0.2) is 4.98 Å². The minimum Gasteiger partial charge on any atom is -0.437 e. The van der Waals surface area contributed by atoms with E-state index in [0.29, 0.717) is 22.3 Å². The number of nitrogens with zero attached hydrogens (tertiary/aromatic N) is 3. The monoisotopic (exact) mass is 300 g/mol. The maximum absolute atomic E-state index is 9.09. The summed E-state index contributed by atoms with van der Waals surface area (Å²) in [5.41, 5.74) is 0.477. The lowest BCUT2D eigenvalue weighted by Crippen LogP contribution is -2.04. The van der Waals surface area contributed by atoms with Gasteiger partial charge in [0.2, 0.25) is 5.88 Å². The summed E-state index contributed by atoms with van der Waals surface area (Å²) in [7, 11) is 0. The van der Waals surface area contributed by atoms with Crippen molar-refractivity contribution < 1.29 is 4.74 Å². The van der Waals surface area contributed by atoms with Gasteiger partial charge in [-0.1, -0.05) is 30.8 Å². The van der Waals surface area contributed by atoms with Crippen molar-refractivity contribution in [3.05, 3.63) is 35.9 Å². The van der Waals surface area contributed by atoms with Crippen LogP contribution < -0.4 is 10.1 Å². The molecule has 0 radical (unpaired) electrons. The van der Waals surface area contributed by atoms with Crippen molar-refractivity contribution in [2.24, 2.45) is 0 Å². The van der Waals surface area contributed by atoms with Gasteiger partial charge in [-0.3, -0.25) is 0 Å². The summed E-state index contributed by atoms with van der Waals surface area (Å²) < 4.78 is 5.74. The maximum Gasteiger partial charge on any atom is 0.225 e. The molecule has 2 rings (SSSR count). The van der Waals surface area contributed by atoms with Crippen LogP contribution in [0.3, 0.4) is 0 Å². The van der Waals surface area contributed by atoms with Crippen molar-refractivity contribution in [3.8, 4) is 17.7 Å². The largest absolute Gasteiger partial charge is 0.437 e. The molecule has 5 nitrogen and oxygen atoms in total. The van der Waals surface area contributed by atoms with Crippen LogP contribution in [-0.2, 0) is 0 Å². The topological polar surface area (TPSA) is 70.8 Å². The molecule has 1 N–H and O–H groups in total. The van der Waals surface area contributed by atoms with E-state index >= 15 is 0 Å². The lowest BCUT2D eigenvalue weighted by Gasteiger charge is -2.10. The zero-order chi connectivity index (χ0) is 15.1. The van der Waals surface area contributed by atoms with E-state index in [1.165, 1.54) is 11.8 Å². The number of para-hydroxylation sites is 1. The Balaban J connectivity index is 2.28. The molecule has 108 valence electrons. The molecule has 1 aromatic heterocycles. The highest BCUT2D eigenvalue weighted by Gasteiger charge is 2.08. The van der Waals surface area contributed by atoms with Crippen molar-refractivity contribution >= 4 is 17.6 Å². The summed E-state index contributed by atoms with van der Waals surface area (Å²) in [5, 5.41) is 12.9. The molecule has 0 spiro atoms. The van der Waals surface area contributed by atoms with E-state index in [1.54, 1.807) is 24.3 Å². The number of nitrogens with one attached hydrogen (secondary N) is 1. The fourth-order valence-electron chi connectivity index (χ4n) is 1.65. The number of aromatic nitrogens is 2. The van der Waals surface area contributed by atoms with E-state index in [2.05, 4.69) is 28.3 Å². The van der Waals surface area contributed by atoms with Crippen LogP contribution in [0.1, 0.15) is 18.9 Å². The first-order valence-electron chi connectivity index (χ1n) is 6.60. The van der Waals surface area contributed by atoms with Gasteiger partial charge in [0.25, 0.3) is 0 Å². The van der Waals surface area contributed by atoms with Gasteiger partial charge in [-0.2, -0.15) is 10.2 Å². The SMILES string of the molecule is CCCNc1cc(Oc2ccccc2C#N)nc(SC)n1. The average Bonchev–Trinajstić information content (AvgIpc) is 2.53. The molecule has 0 saturated carbocycles. The molecule has 0 amide bonds. The van der Waals surface area contributed by atoms with Gasteiger partial charge in [0.05, 0.1) is 5.56 Å². The van der Waals surface area contributed by atoms with Crippen LogP contribution in [-0.4, -0.2) is 22.8 Å². The third-order valence-electron chi connectivity index (χ3n) is 2.64. The highest BCUT2D eigenvalue weighted by atomic mass is 32.2. The van der Waals surface area contributed by atoms with Crippen LogP contribution in [0, 0.1) is 11.3 Å². The van der Waals surface area contributed by atoms with Gasteiger partial charge in [0, 0.05) is 12.6 Å². The molecular formula is C15H16N4OS. The van der Waals surface area contributed by atoms with E-state index in [4.69, 9.17) is 10.00 Å². The van der Waals surface area contributed by atoms with Gasteiger partial charge in [0.1, 0.15) is 17.6 Å². The first-order valence-corrected chi connectivity index (χ1v) is 7.83. The predicted molar refractivity (Wildman–Crippen MR) is 83.8 cm³/mol. The summed E-state index contributed by atoms with van der Waals surface area (Å²) in [6, 6.07) is 10.9. The van der Waals surface area contributed by atoms with Crippen LogP contribution in [0.4, 0.5) is 5.82 Å². The number of ether oxygens (including phenoxy) is 1. The van der Waals surface area contributed by atoms with E-state index in [-0.39, 0.29) is 0 Å². The molecule has 6 heteroatoms. The van der Waals surface area contributed by atoms with Gasteiger partial charge in [-0.05, 0) is 24.8 Å². The molecule has 0 aliphatic carbocycles. The number of nitriles is 1. The summed E-state index contributed by atoms with van der Waals surface area (Å²) in [4.78, 5) is 8.68. The van der Waals surface area contributed by atoms with Crippen LogP contribution >= 0.6 is 11.8 Å². The Morgan fingerprint density at radius 3 is 2.86 bits per heavy atom. The summed E-state index contributed by atoms with van der Waals surface area (Å²) in [6.07, 6.45) is 2.91. The summed E-state index contributed by atoms with van der Waals surface area (Å²) in [6.45, 7) is 2.92. The van der Waals surface area contributed by atoms with Crippen molar-refractivity contribution in [1.82, 2.24) is 9.97 Å². The standard InChI is InChI=1S/C15H16N4OS/c1-3-8-17-13-9-14(19-15(18-13)21-2)20-12-7-5-4-6-11(12)10-16/h4-7,9H,3,8H2,1-2H3,(H,17,18,19). The Labute approximate surface area is 128 Å². The molecule has 0 unspecified atom stereocenters. The molecule has 0 saturated heterocycles. The zero-order valence-electron chi connectivity index (χ0n) is 12.0. The second-order valence-corrected chi connectivity index (χ2v) is 4.99. The lowest BCUT2D eigenvalue weighted by atomic mass is 10.2. The smallest absolute Gasteiger partial charge is 0.225 e. The molecule has 0 fully saturated rings. The number of thioether (sulfide) groups is 1. The summed E-state index contributed by atoms with van der Waals surface area (Å²) >= 11 is 1.44. The Hall–Kier alpha value is -2.26. The number of anilines is 1. The quantitative estimate of drug-likeness (QED) is 0.648. The van der Waals surface area contributed by atoms with E-state index in [1.807, 2.05) is 12.3 Å². The molecule has 1 heterocycles. The van der Waals surface area contributed by atoms with Crippen molar-refractivity contribution in [3.63, 3.8) is 0 Å². The van der Waals surface area contributed by atoms with Crippen LogP contribution in [0.2, 0.25) is 0 Å². The van der Waals surface area contributed by atoms with Gasteiger partial charge in [-0.15, -0.1) is 0 Å². The molecule has 1 aromatic carbocycles. The fourth-order valence-corrected chi connectivity index (χ4v) is 2.02. The first-order chi connectivity index (χ1) is 10.3. The third-order valence-corrected chi connectivity index (χ3v) is 3.19. The molecule has 0 bridgehead atoms. The van der Waals surface area contributed by atoms with E-state index in [9.17, 15) is 0 Å². The Kier molecular flexibility index (Phi) is 5.41. The van der Waals surface area contributed by atoms with Crippen LogP contribution in [0.25, 0.3) is 0 Å². The molecule has 0 aliphatic rings. The maximum atomic E-state index is 9.09. The minimum absolute atomic E-state index is 0.427. The summed E-state index contributed by atoms with van der Waals surface area (Å²) in [5.74, 6) is 1.64. The fraction of sp³-hybridized carbons (Fsp3) is 0.267. The average molecular weight is 300 g/mol. The van der Waals surface area contributed by atoms with Crippen molar-refractivity contribution in [1.29, 1.82) is 5.26 Å². The van der Waals surface area contributed by atoms with Crippen LogP contribution in [0.15, 0.2) is 35.5 Å². The second-order valence-electron chi connectivity index (χ2n) is 4.21. The number of benzene rings is 1. The lowest BCUT2D eigenvalue weighted by molar-refractivity contribution is 0.454. The Bertz CT molecular complexity index is 654. The number of hydrogen-bond acceptors (Lipinski definition) is 6. The molecular weight excluding hydrogens is 284 g/mol. The van der Waals surface area contributed by atoms with Gasteiger partial charge < -0.3 is 10.1 Å². The Morgan fingerprint density at radius 1 is 1.33 bits per heavy atom. The normalized spacial score (nSPS) is 9.95. The van der Waals surface area contributed by atoms with Crippen molar-refractivity contribution in [2.45, 2.75) is 18.5 Å². The number of rotatable bonds is 6. The van der Waals surface area contributed by atoms with Crippen LogP contribution in [0.5, 0.6) is 11.6 Å². The molecule has 2 aromatic rings. The van der Waals surface area contributed by atoms with E-state index < -0.39 is 0 Å². The first kappa shape index (κ1) is 15.1. The molecule has 0 atom stereocenters. The highest BCUT2D eigenvalue weighted by molar-refractivity contribution is 7.98. The van der Waals surface area contributed by atoms with Gasteiger partial charge in [0.15, 0.2) is 5.16 Å². The van der Waals surface area contributed by atoms with Crippen molar-refractivity contribution in [2.75, 3.05) is 18.1 Å². The Morgan fingerprint density at radius 2 is 2.14 bits per heavy atom. The molecule has 21 heavy (non-hydrogen) atoms. The predicted octanol–water partition coefficient (Wildman–Crippen LogP) is 3.68. The minimum atomic E-state index is 0.427. The third kappa shape index (κ3) is 4.10. The highest BCUT2D eigenvalue weighted by Crippen LogP contribution is 2.26. The zero-order valence-corrected chi connectivity index (χ0v) is 12.8. The molecule has 0 aliphatic heterocycles. The second kappa shape index (κ2) is 7.50. The van der Waals surface area contributed by atoms with E-state index in [0.717, 1.165) is 18.8 Å². The number of hydrogen-bond donors (Lipinski definition) is 1. The van der Waals surface area contributed by atoms with Gasteiger partial charge >= 0.3 is 0 Å².